The van der Waals surface area contributed by atoms with Crippen LogP contribution in [0.4, 0.5) is 0 Å². The minimum absolute atomic E-state index is 0.158. The molecule has 1 aromatic heterocycles. The summed E-state index contributed by atoms with van der Waals surface area (Å²) in [7, 11) is 1.61. The van der Waals surface area contributed by atoms with E-state index in [9.17, 15) is 4.79 Å². The van der Waals surface area contributed by atoms with E-state index in [0.717, 1.165) is 50.4 Å². The topological polar surface area (TPSA) is 58.6 Å². The van der Waals surface area contributed by atoms with Crippen molar-refractivity contribution in [1.82, 2.24) is 20.0 Å². The molecule has 4 rings (SSSR count). The molecule has 6 nitrogen and oxygen atoms in total. The molecule has 21 heavy (non-hydrogen) atoms. The van der Waals surface area contributed by atoms with Crippen molar-refractivity contribution in [2.75, 3.05) is 26.7 Å². The van der Waals surface area contributed by atoms with Gasteiger partial charge in [-0.25, -0.2) is 0 Å². The van der Waals surface area contributed by atoms with Crippen molar-refractivity contribution >= 4 is 17.2 Å². The van der Waals surface area contributed by atoms with Crippen molar-refractivity contribution < 1.29 is 9.53 Å². The zero-order valence-corrected chi connectivity index (χ0v) is 13.4. The number of carbonyl (C=O) groups excluding carboxylic acids is 1. The summed E-state index contributed by atoms with van der Waals surface area (Å²) in [4.78, 5) is 17.0. The number of ether oxygens (including phenoxy) is 1. The Morgan fingerprint density at radius 3 is 2.90 bits per heavy atom. The zero-order valence-electron chi connectivity index (χ0n) is 12.6. The van der Waals surface area contributed by atoms with Gasteiger partial charge in [-0.1, -0.05) is 18.3 Å². The molecule has 0 saturated carbocycles. The highest BCUT2D eigenvalue weighted by atomic mass is 32.1. The van der Waals surface area contributed by atoms with E-state index in [0.29, 0.717) is 17.1 Å². The van der Waals surface area contributed by atoms with Gasteiger partial charge >= 0.3 is 0 Å². The highest BCUT2D eigenvalue weighted by Crippen LogP contribution is 2.30. The Hall–Kier alpha value is -1.21. The van der Waals surface area contributed by atoms with E-state index in [1.807, 2.05) is 0 Å². The van der Waals surface area contributed by atoms with E-state index >= 15 is 0 Å². The van der Waals surface area contributed by atoms with Gasteiger partial charge in [-0.3, -0.25) is 9.69 Å². The smallest absolute Gasteiger partial charge is 0.293 e. The summed E-state index contributed by atoms with van der Waals surface area (Å²) in [6.45, 7) is 5.58. The summed E-state index contributed by atoms with van der Waals surface area (Å²) in [5.41, 5.74) is 0. The van der Waals surface area contributed by atoms with Crippen molar-refractivity contribution in [1.29, 1.82) is 0 Å². The van der Waals surface area contributed by atoms with Crippen molar-refractivity contribution in [2.24, 2.45) is 5.92 Å². The monoisotopic (exact) mass is 310 g/mol. The molecule has 0 N–H and O–H groups in total. The number of aromatic nitrogens is 2. The van der Waals surface area contributed by atoms with Gasteiger partial charge in [-0.15, -0.1) is 10.2 Å². The molecule has 4 heterocycles. The predicted molar refractivity (Wildman–Crippen MR) is 80.3 cm³/mol. The average molecular weight is 310 g/mol. The van der Waals surface area contributed by atoms with Crippen LogP contribution in [0.15, 0.2) is 0 Å². The van der Waals surface area contributed by atoms with E-state index in [1.165, 1.54) is 11.3 Å². The van der Waals surface area contributed by atoms with Gasteiger partial charge in [0.2, 0.25) is 5.91 Å². The first-order valence-corrected chi connectivity index (χ1v) is 8.42. The minimum atomic E-state index is 0.158. The average Bonchev–Trinajstić information content (AvgIpc) is 2.78. The summed E-state index contributed by atoms with van der Waals surface area (Å²) in [6, 6.07) is 0.367. The molecule has 3 fully saturated rings. The fourth-order valence-electron chi connectivity index (χ4n) is 3.37. The molecular weight excluding hydrogens is 288 g/mol. The fraction of sp³-hybridized carbons (Fsp3) is 0.786. The standard InChI is InChI=1S/C14H22N4O2S/c1-3-6-18-11-5-4-10(13(18)19)7-17(8-11)9-12-15-16-14(20-2)21-12/h10-11H,3-9H2,1-2H3/t10-,11+/m1/s1. The molecule has 3 saturated heterocycles. The Morgan fingerprint density at radius 1 is 1.33 bits per heavy atom. The van der Waals surface area contributed by atoms with Crippen molar-refractivity contribution in [2.45, 2.75) is 38.8 Å². The summed E-state index contributed by atoms with van der Waals surface area (Å²) in [5.74, 6) is 0.510. The molecule has 2 bridgehead atoms. The van der Waals surface area contributed by atoms with E-state index in [2.05, 4.69) is 26.9 Å². The van der Waals surface area contributed by atoms with E-state index in [-0.39, 0.29) is 5.92 Å². The number of methoxy groups -OCH3 is 1. The number of hydrogen-bond acceptors (Lipinski definition) is 6. The van der Waals surface area contributed by atoms with E-state index < -0.39 is 0 Å². The zero-order chi connectivity index (χ0) is 14.8. The number of rotatable bonds is 5. The molecule has 2 atom stereocenters. The first kappa shape index (κ1) is 14.7. The van der Waals surface area contributed by atoms with Crippen LogP contribution >= 0.6 is 11.3 Å². The van der Waals surface area contributed by atoms with Gasteiger partial charge in [0, 0.05) is 25.7 Å². The maximum absolute atomic E-state index is 12.5. The van der Waals surface area contributed by atoms with Crippen LogP contribution in [0.25, 0.3) is 0 Å². The van der Waals surface area contributed by atoms with Gasteiger partial charge < -0.3 is 9.64 Å². The first-order valence-electron chi connectivity index (χ1n) is 7.60. The van der Waals surface area contributed by atoms with Crippen LogP contribution in [0.5, 0.6) is 5.19 Å². The highest BCUT2D eigenvalue weighted by molar-refractivity contribution is 7.13. The molecule has 0 unspecified atom stereocenters. The molecule has 3 aliphatic heterocycles. The molecular formula is C14H22N4O2S. The van der Waals surface area contributed by atoms with Crippen molar-refractivity contribution in [3.05, 3.63) is 5.01 Å². The third-order valence-corrected chi connectivity index (χ3v) is 5.18. The van der Waals surface area contributed by atoms with Crippen LogP contribution < -0.4 is 4.74 Å². The SMILES string of the molecule is CCCN1C(=O)[C@@H]2CC[C@H]1CN(Cc1nnc(OC)s1)C2. The molecule has 1 aromatic rings. The fourth-order valence-corrected chi connectivity index (χ4v) is 4.06. The lowest BCUT2D eigenvalue weighted by atomic mass is 9.94. The van der Waals surface area contributed by atoms with Crippen LogP contribution in [0.2, 0.25) is 0 Å². The molecule has 0 spiro atoms. The molecule has 116 valence electrons. The maximum atomic E-state index is 12.5. The summed E-state index contributed by atoms with van der Waals surface area (Å²) in [6.07, 6.45) is 3.19. The second-order valence-corrected chi connectivity index (χ2v) is 6.84. The third-order valence-electron chi connectivity index (χ3n) is 4.32. The Morgan fingerprint density at radius 2 is 2.19 bits per heavy atom. The van der Waals surface area contributed by atoms with Crippen LogP contribution in [0, 0.1) is 5.92 Å². The van der Waals surface area contributed by atoms with Gasteiger partial charge in [0.25, 0.3) is 5.19 Å². The van der Waals surface area contributed by atoms with Crippen LogP contribution in [-0.2, 0) is 11.3 Å². The molecule has 0 aliphatic carbocycles. The predicted octanol–water partition coefficient (Wildman–Crippen LogP) is 1.38. The van der Waals surface area contributed by atoms with E-state index in [1.54, 1.807) is 7.11 Å². The summed E-state index contributed by atoms with van der Waals surface area (Å²) >= 11 is 1.48. The third kappa shape index (κ3) is 3.03. The summed E-state index contributed by atoms with van der Waals surface area (Å²) in [5, 5.41) is 9.70. The second kappa shape index (κ2) is 6.27. The Bertz CT molecular complexity index is 507. The maximum Gasteiger partial charge on any atom is 0.293 e. The normalized spacial score (nSPS) is 26.2. The molecule has 3 aliphatic rings. The lowest BCUT2D eigenvalue weighted by Gasteiger charge is -2.35. The van der Waals surface area contributed by atoms with Gasteiger partial charge in [-0.2, -0.15) is 0 Å². The van der Waals surface area contributed by atoms with Gasteiger partial charge in [0.05, 0.1) is 19.6 Å². The van der Waals surface area contributed by atoms with Gasteiger partial charge in [-0.05, 0) is 19.3 Å². The van der Waals surface area contributed by atoms with Crippen molar-refractivity contribution in [3.8, 4) is 5.19 Å². The Balaban J connectivity index is 1.70. The molecule has 0 radical (unpaired) electrons. The number of carbonyl (C=O) groups is 1. The van der Waals surface area contributed by atoms with Crippen LogP contribution in [-0.4, -0.2) is 58.7 Å². The molecule has 1 amide bonds. The number of amides is 1. The Kier molecular flexibility index (Phi) is 4.40. The number of fused-ring (bicyclic) bond motifs is 4. The Labute approximate surface area is 129 Å². The second-order valence-electron chi connectivity index (χ2n) is 5.82. The van der Waals surface area contributed by atoms with Crippen molar-refractivity contribution in [3.63, 3.8) is 0 Å². The first-order chi connectivity index (χ1) is 10.2. The number of nitrogens with zero attached hydrogens (tertiary/aromatic N) is 4. The highest BCUT2D eigenvalue weighted by Gasteiger charge is 2.40. The molecule has 7 heteroatoms. The van der Waals surface area contributed by atoms with Crippen LogP contribution in [0.3, 0.4) is 0 Å². The van der Waals surface area contributed by atoms with Gasteiger partial charge in [0.1, 0.15) is 5.01 Å². The quantitative estimate of drug-likeness (QED) is 0.822. The van der Waals surface area contributed by atoms with E-state index in [4.69, 9.17) is 4.74 Å². The lowest BCUT2D eigenvalue weighted by molar-refractivity contribution is -0.139. The minimum Gasteiger partial charge on any atom is -0.472 e. The molecule has 0 aromatic carbocycles. The number of hydrogen-bond donors (Lipinski definition) is 0. The van der Waals surface area contributed by atoms with Crippen LogP contribution in [0.1, 0.15) is 31.2 Å². The largest absolute Gasteiger partial charge is 0.472 e. The number of piperidine rings is 1. The lowest BCUT2D eigenvalue weighted by Crippen LogP contribution is -2.48. The van der Waals surface area contributed by atoms with Gasteiger partial charge in [0.15, 0.2) is 0 Å². The summed E-state index contributed by atoms with van der Waals surface area (Å²) < 4.78 is 5.09.